The second kappa shape index (κ2) is 9.93. The summed E-state index contributed by atoms with van der Waals surface area (Å²) in [5.41, 5.74) is 2.17. The number of carboxylic acid groups (broad SMARTS) is 1. The van der Waals surface area contributed by atoms with Crippen LogP contribution in [-0.2, 0) is 26.2 Å². The Kier molecular flexibility index (Phi) is 6.87. The van der Waals surface area contributed by atoms with Crippen molar-refractivity contribution in [1.29, 1.82) is 0 Å². The maximum Gasteiger partial charge on any atom is 0.307 e. The van der Waals surface area contributed by atoms with Gasteiger partial charge in [0.25, 0.3) is 17.4 Å². The molecule has 38 heavy (non-hydrogen) atoms. The third-order valence-electron chi connectivity index (χ3n) is 6.46. The molecule has 9 nitrogen and oxygen atoms in total. The fourth-order valence-corrected chi connectivity index (χ4v) is 4.43. The lowest BCUT2D eigenvalue weighted by atomic mass is 9.85. The number of nitro benzene ring substituents is 1. The van der Waals surface area contributed by atoms with E-state index in [4.69, 9.17) is 5.11 Å². The maximum atomic E-state index is 13.3. The summed E-state index contributed by atoms with van der Waals surface area (Å²) < 4.78 is 0. The highest BCUT2D eigenvalue weighted by atomic mass is 16.6. The Bertz CT molecular complexity index is 1450. The number of carbonyl (C=O) groups is 3. The smallest absolute Gasteiger partial charge is 0.307 e. The summed E-state index contributed by atoms with van der Waals surface area (Å²) in [6.45, 7) is 6.17. The zero-order chi connectivity index (χ0) is 27.8. The van der Waals surface area contributed by atoms with Gasteiger partial charge in [0.15, 0.2) is 0 Å². The number of aliphatic hydroxyl groups is 1. The number of ketones is 1. The van der Waals surface area contributed by atoms with Gasteiger partial charge in [-0.15, -0.1) is 0 Å². The van der Waals surface area contributed by atoms with Crippen LogP contribution in [0.3, 0.4) is 0 Å². The number of anilines is 1. The highest BCUT2D eigenvalue weighted by molar-refractivity contribution is 6.51. The van der Waals surface area contributed by atoms with E-state index in [1.165, 1.54) is 29.2 Å². The van der Waals surface area contributed by atoms with Crippen molar-refractivity contribution in [2.24, 2.45) is 0 Å². The van der Waals surface area contributed by atoms with E-state index in [9.17, 15) is 29.6 Å². The number of carboxylic acids is 1. The Morgan fingerprint density at radius 3 is 2.00 bits per heavy atom. The topological polar surface area (TPSA) is 138 Å². The van der Waals surface area contributed by atoms with E-state index in [0.717, 1.165) is 5.56 Å². The zero-order valence-electron chi connectivity index (χ0n) is 21.0. The molecule has 0 bridgehead atoms. The molecule has 2 N–H and O–H groups in total. The van der Waals surface area contributed by atoms with Gasteiger partial charge >= 0.3 is 5.97 Å². The number of Topliss-reactive ketones (excluding diaryl/α,β-unsaturated/α-hetero) is 1. The van der Waals surface area contributed by atoms with Crippen LogP contribution in [0.5, 0.6) is 0 Å². The molecule has 1 aliphatic heterocycles. The molecule has 1 saturated heterocycles. The van der Waals surface area contributed by atoms with E-state index in [-0.39, 0.29) is 28.7 Å². The first-order valence-electron chi connectivity index (χ1n) is 11.9. The molecular formula is C29H26N2O7. The van der Waals surface area contributed by atoms with Gasteiger partial charge in [-0.3, -0.25) is 29.4 Å². The molecule has 3 aromatic rings. The number of non-ortho nitro benzene ring substituents is 1. The van der Waals surface area contributed by atoms with Crippen LogP contribution in [0.25, 0.3) is 5.76 Å². The Hall–Kier alpha value is -4.79. The van der Waals surface area contributed by atoms with Gasteiger partial charge in [-0.2, -0.15) is 0 Å². The first-order chi connectivity index (χ1) is 17.9. The lowest BCUT2D eigenvalue weighted by molar-refractivity contribution is -0.384. The van der Waals surface area contributed by atoms with Crippen LogP contribution < -0.4 is 4.90 Å². The normalized spacial score (nSPS) is 17.0. The molecule has 0 aliphatic carbocycles. The highest BCUT2D eigenvalue weighted by Crippen LogP contribution is 2.42. The van der Waals surface area contributed by atoms with Crippen LogP contribution in [0.1, 0.15) is 49.1 Å². The van der Waals surface area contributed by atoms with Crippen LogP contribution in [0.2, 0.25) is 0 Å². The van der Waals surface area contributed by atoms with Crippen LogP contribution in [0, 0.1) is 10.1 Å². The molecule has 1 heterocycles. The number of hydrogen-bond acceptors (Lipinski definition) is 6. The Morgan fingerprint density at radius 1 is 0.921 bits per heavy atom. The molecule has 1 fully saturated rings. The summed E-state index contributed by atoms with van der Waals surface area (Å²) >= 11 is 0. The number of aliphatic carboxylic acids is 1. The minimum absolute atomic E-state index is 0.140. The molecule has 4 rings (SSSR count). The number of aliphatic hydroxyl groups excluding tert-OH is 1. The summed E-state index contributed by atoms with van der Waals surface area (Å²) in [7, 11) is 0. The number of hydrogen-bond donors (Lipinski definition) is 2. The van der Waals surface area contributed by atoms with Crippen LogP contribution in [0.4, 0.5) is 11.4 Å². The number of rotatable bonds is 6. The largest absolute Gasteiger partial charge is 0.507 e. The van der Waals surface area contributed by atoms with Crippen molar-refractivity contribution in [2.45, 2.75) is 38.6 Å². The van der Waals surface area contributed by atoms with Gasteiger partial charge in [0.2, 0.25) is 0 Å². The quantitative estimate of drug-likeness (QED) is 0.153. The molecule has 0 aromatic heterocycles. The maximum absolute atomic E-state index is 13.3. The summed E-state index contributed by atoms with van der Waals surface area (Å²) in [5.74, 6) is -3.21. The van der Waals surface area contributed by atoms with Crippen molar-refractivity contribution in [1.82, 2.24) is 0 Å². The molecular weight excluding hydrogens is 488 g/mol. The van der Waals surface area contributed by atoms with Gasteiger partial charge in [-0.05, 0) is 46.4 Å². The van der Waals surface area contributed by atoms with Crippen molar-refractivity contribution in [3.05, 3.63) is 111 Å². The SMILES string of the molecule is CC(C)(C)c1ccc(C2/C(=C(/O)c3ccc([N+](=O)[O-])cc3)C(=O)C(=O)N2c2ccc(CC(=O)O)cc2)cc1. The van der Waals surface area contributed by atoms with Gasteiger partial charge in [0, 0.05) is 23.4 Å². The molecule has 0 spiro atoms. The number of amides is 1. The fraction of sp³-hybridized carbons (Fsp3) is 0.207. The zero-order valence-corrected chi connectivity index (χ0v) is 21.0. The van der Waals surface area contributed by atoms with E-state index in [2.05, 4.69) is 20.8 Å². The molecule has 1 unspecified atom stereocenters. The summed E-state index contributed by atoms with van der Waals surface area (Å²) in [6, 6.07) is 17.7. The highest BCUT2D eigenvalue weighted by Gasteiger charge is 2.47. The number of carbonyl (C=O) groups excluding carboxylic acids is 2. The minimum atomic E-state index is -1.000. The first kappa shape index (κ1) is 26.3. The van der Waals surface area contributed by atoms with E-state index >= 15 is 0 Å². The molecule has 1 aliphatic rings. The summed E-state index contributed by atoms with van der Waals surface area (Å²) in [6.07, 6.45) is -0.197. The van der Waals surface area contributed by atoms with Crippen molar-refractivity contribution >= 4 is 34.8 Å². The lowest BCUT2D eigenvalue weighted by Gasteiger charge is -2.26. The van der Waals surface area contributed by atoms with Crippen molar-refractivity contribution in [3.63, 3.8) is 0 Å². The molecule has 3 aromatic carbocycles. The molecule has 1 atom stereocenters. The minimum Gasteiger partial charge on any atom is -0.507 e. The Morgan fingerprint density at radius 2 is 1.50 bits per heavy atom. The van der Waals surface area contributed by atoms with E-state index in [1.807, 2.05) is 12.1 Å². The van der Waals surface area contributed by atoms with Crippen molar-refractivity contribution < 1.29 is 29.5 Å². The fourth-order valence-electron chi connectivity index (χ4n) is 4.43. The second-order valence-electron chi connectivity index (χ2n) is 10.1. The van der Waals surface area contributed by atoms with E-state index < -0.39 is 34.4 Å². The average molecular weight is 515 g/mol. The van der Waals surface area contributed by atoms with Gasteiger partial charge in [-0.25, -0.2) is 0 Å². The standard InChI is InChI=1S/C29H26N2O7/c1-29(2,3)20-10-6-18(7-11-20)25-24(26(34)19-8-14-22(15-9-19)31(37)38)27(35)28(36)30(25)21-12-4-17(5-13-21)16-23(32)33/h4-15,25,34H,16H2,1-3H3,(H,32,33)/b26-24-. The summed E-state index contributed by atoms with van der Waals surface area (Å²) in [4.78, 5) is 49.4. The molecule has 194 valence electrons. The second-order valence-corrected chi connectivity index (χ2v) is 10.1. The monoisotopic (exact) mass is 514 g/mol. The van der Waals surface area contributed by atoms with Gasteiger partial charge in [0.05, 0.1) is 23.0 Å². The summed E-state index contributed by atoms with van der Waals surface area (Å²) in [5, 5.41) is 31.3. The van der Waals surface area contributed by atoms with Crippen LogP contribution >= 0.6 is 0 Å². The van der Waals surface area contributed by atoms with Crippen molar-refractivity contribution in [3.8, 4) is 0 Å². The predicted octanol–water partition coefficient (Wildman–Crippen LogP) is 5.15. The van der Waals surface area contributed by atoms with Crippen molar-refractivity contribution in [2.75, 3.05) is 4.90 Å². The Balaban J connectivity index is 1.87. The molecule has 0 saturated carbocycles. The lowest BCUT2D eigenvalue weighted by Crippen LogP contribution is -2.29. The van der Waals surface area contributed by atoms with Crippen LogP contribution in [-0.4, -0.2) is 32.8 Å². The van der Waals surface area contributed by atoms with E-state index in [0.29, 0.717) is 16.8 Å². The molecule has 9 heteroatoms. The molecule has 1 amide bonds. The number of benzene rings is 3. The van der Waals surface area contributed by atoms with Gasteiger partial charge in [0.1, 0.15) is 5.76 Å². The average Bonchev–Trinajstić information content (AvgIpc) is 3.13. The molecule has 0 radical (unpaired) electrons. The third-order valence-corrected chi connectivity index (χ3v) is 6.46. The van der Waals surface area contributed by atoms with Crippen LogP contribution in [0.15, 0.2) is 78.4 Å². The van der Waals surface area contributed by atoms with Gasteiger partial charge < -0.3 is 10.2 Å². The third kappa shape index (κ3) is 5.04. The number of nitrogens with zero attached hydrogens (tertiary/aromatic N) is 2. The first-order valence-corrected chi connectivity index (χ1v) is 11.9. The predicted molar refractivity (Wildman–Crippen MR) is 141 cm³/mol. The number of nitro groups is 1. The van der Waals surface area contributed by atoms with Gasteiger partial charge in [-0.1, -0.05) is 57.2 Å². The Labute approximate surface area is 218 Å². The van der Waals surface area contributed by atoms with E-state index in [1.54, 1.807) is 36.4 Å².